The summed E-state index contributed by atoms with van der Waals surface area (Å²) < 4.78 is 5.43. The van der Waals surface area contributed by atoms with Gasteiger partial charge in [0.1, 0.15) is 6.61 Å². The fraction of sp³-hybridized carbons (Fsp3) is 0.812. The molecule has 4 heteroatoms. The van der Waals surface area contributed by atoms with E-state index < -0.39 is 0 Å². The summed E-state index contributed by atoms with van der Waals surface area (Å²) in [7, 11) is 4.20. The van der Waals surface area contributed by atoms with Crippen LogP contribution < -0.4 is 0 Å². The first-order valence-corrected chi connectivity index (χ1v) is 7.51. The zero-order valence-electron chi connectivity index (χ0n) is 14.0. The second kappa shape index (κ2) is 7.23. The van der Waals surface area contributed by atoms with Crippen LogP contribution in [0.2, 0.25) is 0 Å². The second-order valence-corrected chi connectivity index (χ2v) is 6.66. The topological polar surface area (TPSA) is 32.8 Å². The Morgan fingerprint density at radius 3 is 2.35 bits per heavy atom. The molecule has 0 unspecified atom stereocenters. The molecular weight excluding hydrogens is 252 g/mol. The van der Waals surface area contributed by atoms with Crippen LogP contribution in [0.25, 0.3) is 0 Å². The fourth-order valence-corrected chi connectivity index (χ4v) is 2.57. The SMILES string of the molecule is CCN(C)CCCN(C)C1=C(C(C)(C)C)C(=O)COC1. The summed E-state index contributed by atoms with van der Waals surface area (Å²) in [4.78, 5) is 16.7. The van der Waals surface area contributed by atoms with E-state index in [4.69, 9.17) is 4.74 Å². The lowest BCUT2D eigenvalue weighted by atomic mass is 9.81. The largest absolute Gasteiger partial charge is 0.376 e. The molecule has 0 aromatic rings. The molecule has 116 valence electrons. The van der Waals surface area contributed by atoms with E-state index >= 15 is 0 Å². The molecule has 20 heavy (non-hydrogen) atoms. The van der Waals surface area contributed by atoms with Crippen molar-refractivity contribution in [2.24, 2.45) is 5.41 Å². The molecule has 0 spiro atoms. The van der Waals surface area contributed by atoms with E-state index in [0.29, 0.717) is 6.61 Å². The van der Waals surface area contributed by atoms with Crippen molar-refractivity contribution in [3.63, 3.8) is 0 Å². The molecule has 1 aliphatic heterocycles. The number of hydrogen-bond acceptors (Lipinski definition) is 4. The Hall–Kier alpha value is -0.870. The highest BCUT2D eigenvalue weighted by molar-refractivity contribution is 5.98. The summed E-state index contributed by atoms with van der Waals surface area (Å²) in [6.45, 7) is 12.3. The van der Waals surface area contributed by atoms with Crippen LogP contribution in [0.15, 0.2) is 11.3 Å². The maximum Gasteiger partial charge on any atom is 0.186 e. The molecule has 0 saturated carbocycles. The first-order valence-electron chi connectivity index (χ1n) is 7.51. The number of likely N-dealkylation sites (N-methyl/N-ethyl adjacent to an activating group) is 1. The molecule has 0 bridgehead atoms. The Kier molecular flexibility index (Phi) is 6.21. The lowest BCUT2D eigenvalue weighted by molar-refractivity contribution is -0.122. The summed E-state index contributed by atoms with van der Waals surface area (Å²) in [6, 6.07) is 0. The van der Waals surface area contributed by atoms with E-state index in [9.17, 15) is 4.79 Å². The molecule has 0 aliphatic carbocycles. The van der Waals surface area contributed by atoms with Crippen LogP contribution >= 0.6 is 0 Å². The lowest BCUT2D eigenvalue weighted by Crippen LogP contribution is -2.36. The number of carbonyl (C=O) groups is 1. The third-order valence-electron chi connectivity index (χ3n) is 3.82. The van der Waals surface area contributed by atoms with Crippen molar-refractivity contribution >= 4 is 5.78 Å². The third-order valence-corrected chi connectivity index (χ3v) is 3.82. The molecule has 1 rings (SSSR count). The molecule has 0 radical (unpaired) electrons. The summed E-state index contributed by atoms with van der Waals surface area (Å²) in [6.07, 6.45) is 1.09. The van der Waals surface area contributed by atoms with Gasteiger partial charge in [0.2, 0.25) is 0 Å². The summed E-state index contributed by atoms with van der Waals surface area (Å²) >= 11 is 0. The van der Waals surface area contributed by atoms with Crippen LogP contribution in [0.3, 0.4) is 0 Å². The Morgan fingerprint density at radius 1 is 1.15 bits per heavy atom. The van der Waals surface area contributed by atoms with Gasteiger partial charge >= 0.3 is 0 Å². The Bertz CT molecular complexity index is 369. The molecule has 0 fully saturated rings. The van der Waals surface area contributed by atoms with Gasteiger partial charge in [0.25, 0.3) is 0 Å². The maximum absolute atomic E-state index is 12.2. The minimum Gasteiger partial charge on any atom is -0.376 e. The summed E-state index contributed by atoms with van der Waals surface area (Å²) in [5.41, 5.74) is 1.88. The molecule has 0 saturated heterocycles. The zero-order chi connectivity index (χ0) is 15.3. The van der Waals surface area contributed by atoms with Crippen molar-refractivity contribution in [2.75, 3.05) is 46.9 Å². The van der Waals surface area contributed by atoms with Crippen LogP contribution in [0.1, 0.15) is 34.1 Å². The average Bonchev–Trinajstić information content (AvgIpc) is 2.36. The van der Waals surface area contributed by atoms with Gasteiger partial charge in [-0.3, -0.25) is 4.79 Å². The number of carbonyl (C=O) groups excluding carboxylic acids is 1. The standard InChI is InChI=1S/C16H30N2O2/c1-7-17(5)9-8-10-18(6)13-11-20-12-14(19)15(13)16(2,3)4/h7-12H2,1-6H3. The number of ketones is 1. The number of ether oxygens (including phenoxy) is 1. The van der Waals surface area contributed by atoms with E-state index in [2.05, 4.69) is 51.6 Å². The van der Waals surface area contributed by atoms with Gasteiger partial charge in [-0.1, -0.05) is 27.7 Å². The van der Waals surface area contributed by atoms with Crippen molar-refractivity contribution in [2.45, 2.75) is 34.1 Å². The average molecular weight is 282 g/mol. The summed E-state index contributed by atoms with van der Waals surface area (Å²) in [5.74, 6) is 0.135. The predicted molar refractivity (Wildman–Crippen MR) is 82.7 cm³/mol. The van der Waals surface area contributed by atoms with Crippen LogP contribution in [0.5, 0.6) is 0 Å². The Morgan fingerprint density at radius 2 is 1.80 bits per heavy atom. The first kappa shape index (κ1) is 17.2. The lowest BCUT2D eigenvalue weighted by Gasteiger charge is -2.34. The van der Waals surface area contributed by atoms with E-state index in [-0.39, 0.29) is 17.8 Å². The number of hydrogen-bond donors (Lipinski definition) is 0. The molecular formula is C16H30N2O2. The number of Topliss-reactive ketones (excluding diaryl/α,β-unsaturated/α-hetero) is 1. The molecule has 0 atom stereocenters. The van der Waals surface area contributed by atoms with Gasteiger partial charge in [0.15, 0.2) is 5.78 Å². The van der Waals surface area contributed by atoms with Gasteiger partial charge in [-0.2, -0.15) is 0 Å². The van der Waals surface area contributed by atoms with Crippen molar-refractivity contribution in [1.82, 2.24) is 9.80 Å². The highest BCUT2D eigenvalue weighted by atomic mass is 16.5. The van der Waals surface area contributed by atoms with Crippen molar-refractivity contribution in [3.8, 4) is 0 Å². The molecule has 0 aromatic carbocycles. The van der Waals surface area contributed by atoms with E-state index in [1.807, 2.05) is 0 Å². The molecule has 4 nitrogen and oxygen atoms in total. The highest BCUT2D eigenvalue weighted by Gasteiger charge is 2.31. The van der Waals surface area contributed by atoms with Crippen LogP contribution in [0.4, 0.5) is 0 Å². The van der Waals surface area contributed by atoms with Crippen molar-refractivity contribution in [3.05, 3.63) is 11.3 Å². The van der Waals surface area contributed by atoms with Gasteiger partial charge < -0.3 is 14.5 Å². The normalized spacial score (nSPS) is 17.1. The molecule has 0 amide bonds. The van der Waals surface area contributed by atoms with Gasteiger partial charge in [-0.25, -0.2) is 0 Å². The van der Waals surface area contributed by atoms with Crippen LogP contribution in [-0.2, 0) is 9.53 Å². The highest BCUT2D eigenvalue weighted by Crippen LogP contribution is 2.32. The quantitative estimate of drug-likeness (QED) is 0.747. The third kappa shape index (κ3) is 4.60. The van der Waals surface area contributed by atoms with Crippen molar-refractivity contribution in [1.29, 1.82) is 0 Å². The van der Waals surface area contributed by atoms with Gasteiger partial charge in [0.05, 0.1) is 6.61 Å². The Balaban J connectivity index is 2.76. The number of rotatable bonds is 6. The Labute approximate surface area is 123 Å². The van der Waals surface area contributed by atoms with Gasteiger partial charge in [0, 0.05) is 24.9 Å². The van der Waals surface area contributed by atoms with Gasteiger partial charge in [-0.15, -0.1) is 0 Å². The molecule has 1 heterocycles. The summed E-state index contributed by atoms with van der Waals surface area (Å²) in [5, 5.41) is 0. The van der Waals surface area contributed by atoms with E-state index in [1.165, 1.54) is 0 Å². The minimum absolute atomic E-state index is 0.120. The van der Waals surface area contributed by atoms with Crippen LogP contribution in [0, 0.1) is 5.41 Å². The first-order chi connectivity index (χ1) is 9.27. The fourth-order valence-electron chi connectivity index (χ4n) is 2.57. The van der Waals surface area contributed by atoms with Crippen molar-refractivity contribution < 1.29 is 9.53 Å². The van der Waals surface area contributed by atoms with Gasteiger partial charge in [-0.05, 0) is 32.0 Å². The van der Waals surface area contributed by atoms with Crippen LogP contribution in [-0.4, -0.2) is 62.5 Å². The van der Waals surface area contributed by atoms with E-state index in [1.54, 1.807) is 0 Å². The maximum atomic E-state index is 12.2. The monoisotopic (exact) mass is 282 g/mol. The zero-order valence-corrected chi connectivity index (χ0v) is 14.0. The number of nitrogens with zero attached hydrogens (tertiary/aromatic N) is 2. The molecule has 1 aliphatic rings. The predicted octanol–water partition coefficient (Wildman–Crippen LogP) is 2.16. The van der Waals surface area contributed by atoms with E-state index in [0.717, 1.165) is 37.3 Å². The second-order valence-electron chi connectivity index (χ2n) is 6.66. The molecule has 0 N–H and O–H groups in total. The smallest absolute Gasteiger partial charge is 0.186 e. The molecule has 0 aromatic heterocycles. The minimum atomic E-state index is -0.120.